The summed E-state index contributed by atoms with van der Waals surface area (Å²) < 4.78 is 49.0. The number of ether oxygens (including phenoxy) is 1. The van der Waals surface area contributed by atoms with Crippen LogP contribution in [-0.4, -0.2) is 50.9 Å². The predicted octanol–water partition coefficient (Wildman–Crippen LogP) is 5.96. The van der Waals surface area contributed by atoms with E-state index in [0.29, 0.717) is 5.75 Å². The molecule has 0 heterocycles. The van der Waals surface area contributed by atoms with E-state index in [-0.39, 0.29) is 35.5 Å². The number of anilines is 1. The van der Waals surface area contributed by atoms with Crippen molar-refractivity contribution in [1.82, 2.24) is 10.2 Å². The summed E-state index contributed by atoms with van der Waals surface area (Å²) in [5.41, 5.74) is 1.67. The van der Waals surface area contributed by atoms with Crippen LogP contribution in [0, 0.1) is 5.82 Å². The molecule has 0 spiro atoms. The molecular formula is C34H35BrFN3O5S. The van der Waals surface area contributed by atoms with Crippen molar-refractivity contribution in [1.29, 1.82) is 0 Å². The topological polar surface area (TPSA) is 96.0 Å². The Morgan fingerprint density at radius 2 is 1.49 bits per heavy atom. The first kappa shape index (κ1) is 33.7. The molecule has 2 amide bonds. The number of carbonyl (C=O) groups excluding carboxylic acids is 2. The van der Waals surface area contributed by atoms with E-state index in [9.17, 15) is 22.4 Å². The van der Waals surface area contributed by atoms with Crippen LogP contribution in [0.1, 0.15) is 25.0 Å². The molecule has 4 aromatic rings. The zero-order chi connectivity index (χ0) is 32.6. The molecule has 0 bridgehead atoms. The zero-order valence-electron chi connectivity index (χ0n) is 25.2. The lowest BCUT2D eigenvalue weighted by Crippen LogP contribution is -2.54. The van der Waals surface area contributed by atoms with Crippen LogP contribution in [-0.2, 0) is 32.6 Å². The quantitative estimate of drug-likeness (QED) is 0.186. The molecule has 0 aliphatic carbocycles. The Bertz CT molecular complexity index is 1690. The highest BCUT2D eigenvalue weighted by Crippen LogP contribution is 2.27. The molecule has 8 nitrogen and oxygen atoms in total. The second-order valence-electron chi connectivity index (χ2n) is 10.7. The average molecular weight is 697 g/mol. The smallest absolute Gasteiger partial charge is 0.264 e. The largest absolute Gasteiger partial charge is 0.497 e. The van der Waals surface area contributed by atoms with Crippen LogP contribution in [0.2, 0.25) is 0 Å². The first-order chi connectivity index (χ1) is 21.5. The van der Waals surface area contributed by atoms with Gasteiger partial charge < -0.3 is 15.0 Å². The minimum absolute atomic E-state index is 0.0367. The average Bonchev–Trinajstić information content (AvgIpc) is 3.03. The Morgan fingerprint density at radius 1 is 0.867 bits per heavy atom. The summed E-state index contributed by atoms with van der Waals surface area (Å²) >= 11 is 3.43. The Kier molecular flexibility index (Phi) is 11.4. The normalized spacial score (nSPS) is 12.0. The number of methoxy groups -OCH3 is 1. The third-order valence-electron chi connectivity index (χ3n) is 7.01. The molecule has 0 saturated heterocycles. The van der Waals surface area contributed by atoms with Gasteiger partial charge >= 0.3 is 0 Å². The van der Waals surface area contributed by atoms with Crippen LogP contribution in [0.25, 0.3) is 0 Å². The van der Waals surface area contributed by atoms with E-state index in [1.165, 1.54) is 48.4 Å². The van der Waals surface area contributed by atoms with Crippen LogP contribution in [0.3, 0.4) is 0 Å². The number of nitrogens with one attached hydrogen (secondary N) is 1. The second-order valence-corrected chi connectivity index (χ2v) is 13.5. The van der Waals surface area contributed by atoms with E-state index in [1.807, 2.05) is 68.4 Å². The third-order valence-corrected chi connectivity index (χ3v) is 9.33. The molecule has 4 rings (SSSR count). The Hall–Kier alpha value is -4.22. The Labute approximate surface area is 272 Å². The van der Waals surface area contributed by atoms with Crippen molar-refractivity contribution in [3.63, 3.8) is 0 Å². The van der Waals surface area contributed by atoms with Gasteiger partial charge in [-0.3, -0.25) is 13.9 Å². The summed E-state index contributed by atoms with van der Waals surface area (Å²) in [6.45, 7) is 3.05. The molecule has 0 unspecified atom stereocenters. The summed E-state index contributed by atoms with van der Waals surface area (Å²) in [4.78, 5) is 29.5. The predicted molar refractivity (Wildman–Crippen MR) is 176 cm³/mol. The summed E-state index contributed by atoms with van der Waals surface area (Å²) in [5, 5.41) is 2.93. The minimum Gasteiger partial charge on any atom is -0.497 e. The number of sulfonamides is 1. The number of carbonyl (C=O) groups is 2. The van der Waals surface area contributed by atoms with Gasteiger partial charge in [0.25, 0.3) is 10.0 Å². The van der Waals surface area contributed by atoms with Crippen molar-refractivity contribution in [3.8, 4) is 5.75 Å². The van der Waals surface area contributed by atoms with Crippen molar-refractivity contribution in [2.45, 2.75) is 43.8 Å². The number of benzene rings is 4. The van der Waals surface area contributed by atoms with E-state index >= 15 is 0 Å². The maximum Gasteiger partial charge on any atom is 0.264 e. The number of halogens is 2. The number of nitrogens with zero attached hydrogens (tertiary/aromatic N) is 2. The molecule has 0 saturated carbocycles. The van der Waals surface area contributed by atoms with E-state index in [2.05, 4.69) is 21.2 Å². The van der Waals surface area contributed by atoms with Crippen molar-refractivity contribution < 1.29 is 27.1 Å². The van der Waals surface area contributed by atoms with E-state index in [4.69, 9.17) is 4.74 Å². The van der Waals surface area contributed by atoms with Gasteiger partial charge in [0.15, 0.2) is 0 Å². The third kappa shape index (κ3) is 8.92. The van der Waals surface area contributed by atoms with Crippen molar-refractivity contribution in [2.24, 2.45) is 0 Å². The number of rotatable bonds is 13. The van der Waals surface area contributed by atoms with Gasteiger partial charge in [0.1, 0.15) is 24.2 Å². The van der Waals surface area contributed by atoms with Crippen LogP contribution in [0.15, 0.2) is 112 Å². The molecule has 1 atom stereocenters. The first-order valence-electron chi connectivity index (χ1n) is 14.3. The lowest BCUT2D eigenvalue weighted by atomic mass is 10.0. The molecule has 4 aromatic carbocycles. The fourth-order valence-electron chi connectivity index (χ4n) is 4.73. The molecule has 0 aliphatic heterocycles. The molecule has 0 aromatic heterocycles. The van der Waals surface area contributed by atoms with Crippen LogP contribution >= 0.6 is 15.9 Å². The molecule has 0 aliphatic rings. The summed E-state index contributed by atoms with van der Waals surface area (Å²) in [7, 11) is -2.86. The highest BCUT2D eigenvalue weighted by Gasteiger charge is 2.35. The van der Waals surface area contributed by atoms with Gasteiger partial charge in [0.05, 0.1) is 17.7 Å². The maximum atomic E-state index is 14.4. The Morgan fingerprint density at radius 3 is 2.07 bits per heavy atom. The van der Waals surface area contributed by atoms with E-state index in [0.717, 1.165) is 32.0 Å². The fourth-order valence-corrected chi connectivity index (χ4v) is 6.41. The summed E-state index contributed by atoms with van der Waals surface area (Å²) in [5.74, 6) is -1.08. The fraction of sp³-hybridized carbons (Fsp3) is 0.235. The molecule has 1 N–H and O–H groups in total. The number of amides is 2. The van der Waals surface area contributed by atoms with Gasteiger partial charge in [0.2, 0.25) is 11.8 Å². The molecular weight excluding hydrogens is 661 g/mol. The lowest BCUT2D eigenvalue weighted by molar-refractivity contribution is -0.140. The minimum atomic E-state index is -4.32. The van der Waals surface area contributed by atoms with Gasteiger partial charge in [-0.2, -0.15) is 0 Å². The van der Waals surface area contributed by atoms with Crippen LogP contribution < -0.4 is 14.4 Å². The van der Waals surface area contributed by atoms with Gasteiger partial charge in [-0.25, -0.2) is 12.8 Å². The van der Waals surface area contributed by atoms with Crippen molar-refractivity contribution in [2.75, 3.05) is 18.0 Å². The highest BCUT2D eigenvalue weighted by atomic mass is 79.9. The van der Waals surface area contributed by atoms with Gasteiger partial charge in [0, 0.05) is 23.5 Å². The highest BCUT2D eigenvalue weighted by molar-refractivity contribution is 9.10. The van der Waals surface area contributed by atoms with Crippen molar-refractivity contribution >= 4 is 43.5 Å². The molecule has 11 heteroatoms. The van der Waals surface area contributed by atoms with Crippen molar-refractivity contribution in [3.05, 3.63) is 125 Å². The Balaban J connectivity index is 1.79. The van der Waals surface area contributed by atoms with E-state index in [1.54, 1.807) is 0 Å². The second kappa shape index (κ2) is 15.2. The monoisotopic (exact) mass is 695 g/mol. The zero-order valence-corrected chi connectivity index (χ0v) is 27.6. The van der Waals surface area contributed by atoms with Crippen LogP contribution in [0.5, 0.6) is 5.75 Å². The summed E-state index contributed by atoms with van der Waals surface area (Å²) in [6.07, 6.45) is 0.198. The molecule has 0 radical (unpaired) electrons. The molecule has 0 fully saturated rings. The maximum absolute atomic E-state index is 14.4. The van der Waals surface area contributed by atoms with Crippen LogP contribution in [0.4, 0.5) is 10.1 Å². The summed E-state index contributed by atoms with van der Waals surface area (Å²) in [6, 6.07) is 26.1. The number of hydrogen-bond acceptors (Lipinski definition) is 5. The molecule has 236 valence electrons. The lowest BCUT2D eigenvalue weighted by Gasteiger charge is -2.34. The standard InChI is InChI=1S/C34H35BrFN3O5S/c1-24(2)37-34(41)32(21-25-7-5-4-6-8-25)38(22-26-9-11-27(35)12-10-26)33(40)23-39(29-15-13-28(36)14-16-29)45(42,43)31-19-17-30(44-3)18-20-31/h4-20,24,32H,21-23H2,1-3H3,(H,37,41)/t32-/m0/s1. The number of hydrogen-bond donors (Lipinski definition) is 1. The van der Waals surface area contributed by atoms with Gasteiger partial charge in [-0.05, 0) is 85.6 Å². The van der Waals surface area contributed by atoms with E-state index < -0.39 is 34.3 Å². The molecule has 45 heavy (non-hydrogen) atoms. The van der Waals surface area contributed by atoms with Gasteiger partial charge in [-0.1, -0.05) is 58.4 Å². The first-order valence-corrected chi connectivity index (χ1v) is 16.5. The SMILES string of the molecule is COc1ccc(S(=O)(=O)N(CC(=O)N(Cc2ccc(Br)cc2)[C@@H](Cc2ccccc2)C(=O)NC(C)C)c2ccc(F)cc2)cc1. The van der Waals surface area contributed by atoms with Gasteiger partial charge in [-0.15, -0.1) is 0 Å².